The topological polar surface area (TPSA) is 55.4 Å². The van der Waals surface area contributed by atoms with E-state index in [1.165, 1.54) is 25.0 Å². The van der Waals surface area contributed by atoms with Gasteiger partial charge in [-0.1, -0.05) is 12.8 Å². The van der Waals surface area contributed by atoms with Crippen LogP contribution >= 0.6 is 15.9 Å². The van der Waals surface area contributed by atoms with Gasteiger partial charge in [-0.2, -0.15) is 0 Å². The van der Waals surface area contributed by atoms with Crippen LogP contribution in [0.15, 0.2) is 27.6 Å². The molecule has 1 aliphatic carbocycles. The zero-order chi connectivity index (χ0) is 14.6. The first-order chi connectivity index (χ1) is 9.49. The van der Waals surface area contributed by atoms with Crippen molar-refractivity contribution >= 4 is 26.0 Å². The van der Waals surface area contributed by atoms with Gasteiger partial charge in [-0.25, -0.2) is 17.5 Å². The minimum atomic E-state index is -3.69. The zero-order valence-electron chi connectivity index (χ0n) is 10.9. The maximum Gasteiger partial charge on any atom is 0.240 e. The fraction of sp³-hybridized carbons (Fsp3) is 0.538. The van der Waals surface area contributed by atoms with Crippen LogP contribution in [0.4, 0.5) is 4.39 Å². The number of halogens is 2. The summed E-state index contributed by atoms with van der Waals surface area (Å²) < 4.78 is 45.4. The molecule has 1 aliphatic rings. The van der Waals surface area contributed by atoms with Gasteiger partial charge >= 0.3 is 0 Å². The third kappa shape index (κ3) is 4.25. The molecule has 0 unspecified atom stereocenters. The highest BCUT2D eigenvalue weighted by Gasteiger charge is 2.17. The third-order valence-corrected chi connectivity index (χ3v) is 5.35. The van der Waals surface area contributed by atoms with Crippen LogP contribution in [0.25, 0.3) is 0 Å². The molecule has 0 bridgehead atoms. The van der Waals surface area contributed by atoms with Crippen molar-refractivity contribution in [1.29, 1.82) is 0 Å². The average molecular weight is 366 g/mol. The van der Waals surface area contributed by atoms with Crippen LogP contribution in [0.5, 0.6) is 0 Å². The molecule has 20 heavy (non-hydrogen) atoms. The standard InChI is InChI=1S/C13H17BrFNO3S/c14-12-6-5-11(9-13(12)15)20(17,18)16-7-8-19-10-3-1-2-4-10/h5-6,9-10,16H,1-4,7-8H2. The lowest BCUT2D eigenvalue weighted by Crippen LogP contribution is -2.28. The van der Waals surface area contributed by atoms with E-state index < -0.39 is 15.8 Å². The van der Waals surface area contributed by atoms with Crippen molar-refractivity contribution in [2.75, 3.05) is 13.2 Å². The molecule has 1 aromatic carbocycles. The molecule has 4 nitrogen and oxygen atoms in total. The van der Waals surface area contributed by atoms with Crippen molar-refractivity contribution in [3.8, 4) is 0 Å². The molecule has 1 saturated carbocycles. The fourth-order valence-corrected chi connectivity index (χ4v) is 3.46. The van der Waals surface area contributed by atoms with Gasteiger partial charge in [0.05, 0.1) is 22.1 Å². The van der Waals surface area contributed by atoms with Gasteiger partial charge in [-0.05, 0) is 47.0 Å². The summed E-state index contributed by atoms with van der Waals surface area (Å²) in [6.45, 7) is 0.527. The number of rotatable bonds is 6. The molecule has 0 aromatic heterocycles. The highest BCUT2D eigenvalue weighted by atomic mass is 79.9. The number of ether oxygens (including phenoxy) is 1. The Hall–Kier alpha value is -0.500. The van der Waals surface area contributed by atoms with Gasteiger partial charge < -0.3 is 4.74 Å². The van der Waals surface area contributed by atoms with Crippen molar-refractivity contribution in [1.82, 2.24) is 4.72 Å². The van der Waals surface area contributed by atoms with E-state index in [2.05, 4.69) is 20.7 Å². The summed E-state index contributed by atoms with van der Waals surface area (Å²) in [6, 6.07) is 3.72. The molecule has 0 spiro atoms. The normalized spacial score (nSPS) is 16.7. The summed E-state index contributed by atoms with van der Waals surface area (Å²) in [5.41, 5.74) is 0. The van der Waals surface area contributed by atoms with E-state index in [1.54, 1.807) is 0 Å². The van der Waals surface area contributed by atoms with Gasteiger partial charge in [-0.15, -0.1) is 0 Å². The van der Waals surface area contributed by atoms with Crippen molar-refractivity contribution in [3.05, 3.63) is 28.5 Å². The minimum absolute atomic E-state index is 0.0842. The summed E-state index contributed by atoms with van der Waals surface area (Å²) in [6.07, 6.45) is 4.70. The molecule has 0 radical (unpaired) electrons. The van der Waals surface area contributed by atoms with Crippen molar-refractivity contribution in [2.24, 2.45) is 0 Å². The van der Waals surface area contributed by atoms with Crippen LogP contribution in [0.1, 0.15) is 25.7 Å². The first-order valence-corrected chi connectivity index (χ1v) is 8.83. The van der Waals surface area contributed by atoms with E-state index in [9.17, 15) is 12.8 Å². The minimum Gasteiger partial charge on any atom is -0.377 e. The average Bonchev–Trinajstić information content (AvgIpc) is 2.91. The Morgan fingerprint density at radius 2 is 2.05 bits per heavy atom. The molecule has 2 rings (SSSR count). The molecule has 0 heterocycles. The van der Waals surface area contributed by atoms with E-state index in [0.717, 1.165) is 18.9 Å². The Morgan fingerprint density at radius 3 is 2.70 bits per heavy atom. The van der Waals surface area contributed by atoms with Gasteiger partial charge in [0, 0.05) is 6.54 Å². The Balaban J connectivity index is 1.85. The third-order valence-electron chi connectivity index (χ3n) is 3.25. The summed E-state index contributed by atoms with van der Waals surface area (Å²) in [7, 11) is -3.69. The number of benzene rings is 1. The molecular weight excluding hydrogens is 349 g/mol. The summed E-state index contributed by atoms with van der Waals surface area (Å²) in [5, 5.41) is 0. The van der Waals surface area contributed by atoms with Crippen LogP contribution in [0.2, 0.25) is 0 Å². The molecule has 1 aromatic rings. The van der Waals surface area contributed by atoms with Crippen LogP contribution in [-0.2, 0) is 14.8 Å². The molecule has 0 saturated heterocycles. The van der Waals surface area contributed by atoms with Gasteiger partial charge in [0.25, 0.3) is 0 Å². The molecule has 0 amide bonds. The number of hydrogen-bond acceptors (Lipinski definition) is 3. The molecular formula is C13H17BrFNO3S. The SMILES string of the molecule is O=S(=O)(NCCOC1CCCC1)c1ccc(Br)c(F)c1. The predicted octanol–water partition coefficient (Wildman–Crippen LogP) is 2.83. The maximum atomic E-state index is 13.3. The van der Waals surface area contributed by atoms with Gasteiger partial charge in [0.1, 0.15) is 5.82 Å². The molecule has 0 atom stereocenters. The lowest BCUT2D eigenvalue weighted by molar-refractivity contribution is 0.0626. The molecule has 1 N–H and O–H groups in total. The highest BCUT2D eigenvalue weighted by Crippen LogP contribution is 2.21. The molecule has 0 aliphatic heterocycles. The lowest BCUT2D eigenvalue weighted by Gasteiger charge is -2.12. The Labute approximate surface area is 126 Å². The Morgan fingerprint density at radius 1 is 1.35 bits per heavy atom. The van der Waals surface area contributed by atoms with E-state index >= 15 is 0 Å². The monoisotopic (exact) mass is 365 g/mol. The second kappa shape index (κ2) is 6.98. The number of hydrogen-bond donors (Lipinski definition) is 1. The maximum absolute atomic E-state index is 13.3. The summed E-state index contributed by atoms with van der Waals surface area (Å²) in [5.74, 6) is -0.602. The fourth-order valence-electron chi connectivity index (χ4n) is 2.18. The Kier molecular flexibility index (Phi) is 5.54. The first kappa shape index (κ1) is 15.9. The van der Waals surface area contributed by atoms with E-state index in [1.807, 2.05) is 0 Å². The number of sulfonamides is 1. The van der Waals surface area contributed by atoms with Gasteiger partial charge in [0.2, 0.25) is 10.0 Å². The summed E-state index contributed by atoms with van der Waals surface area (Å²) in [4.78, 5) is -0.0842. The van der Waals surface area contributed by atoms with Crippen LogP contribution in [0.3, 0.4) is 0 Å². The number of nitrogens with one attached hydrogen (secondary N) is 1. The van der Waals surface area contributed by atoms with Gasteiger partial charge in [0.15, 0.2) is 0 Å². The van der Waals surface area contributed by atoms with E-state index in [0.29, 0.717) is 6.61 Å². The molecule has 1 fully saturated rings. The van der Waals surface area contributed by atoms with E-state index in [4.69, 9.17) is 4.74 Å². The van der Waals surface area contributed by atoms with Crippen molar-refractivity contribution in [3.63, 3.8) is 0 Å². The summed E-state index contributed by atoms with van der Waals surface area (Å²) >= 11 is 2.99. The first-order valence-electron chi connectivity index (χ1n) is 6.55. The van der Waals surface area contributed by atoms with Gasteiger partial charge in [-0.3, -0.25) is 0 Å². The second-order valence-corrected chi connectivity index (χ2v) is 7.37. The lowest BCUT2D eigenvalue weighted by atomic mass is 10.3. The Bertz CT molecular complexity index is 559. The molecule has 112 valence electrons. The van der Waals surface area contributed by atoms with Crippen molar-refractivity contribution < 1.29 is 17.5 Å². The van der Waals surface area contributed by atoms with Crippen LogP contribution in [0, 0.1) is 5.82 Å². The van der Waals surface area contributed by atoms with E-state index in [-0.39, 0.29) is 22.0 Å². The molecule has 7 heteroatoms. The highest BCUT2D eigenvalue weighted by molar-refractivity contribution is 9.10. The zero-order valence-corrected chi connectivity index (χ0v) is 13.3. The van der Waals surface area contributed by atoms with Crippen LogP contribution in [-0.4, -0.2) is 27.7 Å². The predicted molar refractivity (Wildman–Crippen MR) is 77.5 cm³/mol. The largest absolute Gasteiger partial charge is 0.377 e. The van der Waals surface area contributed by atoms with Crippen molar-refractivity contribution in [2.45, 2.75) is 36.7 Å². The quantitative estimate of drug-likeness (QED) is 0.788. The second-order valence-electron chi connectivity index (χ2n) is 4.75. The smallest absolute Gasteiger partial charge is 0.240 e. The van der Waals surface area contributed by atoms with Crippen LogP contribution < -0.4 is 4.72 Å².